The summed E-state index contributed by atoms with van der Waals surface area (Å²) in [5.74, 6) is 0. The maximum absolute atomic E-state index is 5.39. The van der Waals surface area contributed by atoms with Crippen molar-refractivity contribution in [3.8, 4) is 0 Å². The van der Waals surface area contributed by atoms with E-state index in [2.05, 4.69) is 36.4 Å². The minimum Gasteiger partial charge on any atom is -0.380 e. The quantitative estimate of drug-likeness (QED) is 0.466. The first-order valence-electron chi connectivity index (χ1n) is 3.32. The van der Waals surface area contributed by atoms with Crippen molar-refractivity contribution in [3.05, 3.63) is 0 Å². The Labute approximate surface area is 70.3 Å². The Balaban J connectivity index is 2.41. The summed E-state index contributed by atoms with van der Waals surface area (Å²) in [6, 6.07) is 0. The minimum absolute atomic E-state index is 0.421. The first-order chi connectivity index (χ1) is 4.10. The molecule has 0 N–H and O–H groups in total. The van der Waals surface area contributed by atoms with Crippen LogP contribution in [0.15, 0.2) is 0 Å². The second-order valence-corrected chi connectivity index (χ2v) is 5.24. The van der Waals surface area contributed by atoms with Gasteiger partial charge in [-0.15, -0.1) is 0 Å². The highest BCUT2D eigenvalue weighted by Crippen LogP contribution is 2.30. The molecule has 9 heavy (non-hydrogen) atoms. The van der Waals surface area contributed by atoms with Crippen LogP contribution < -0.4 is 0 Å². The van der Waals surface area contributed by atoms with Crippen molar-refractivity contribution in [1.82, 2.24) is 0 Å². The Morgan fingerprint density at radius 2 is 2.22 bits per heavy atom. The lowest BCUT2D eigenvalue weighted by atomic mass is 9.87. The van der Waals surface area contributed by atoms with Crippen LogP contribution in [0.25, 0.3) is 0 Å². The number of ether oxygens (including phenoxy) is 1. The molecule has 1 saturated heterocycles. The van der Waals surface area contributed by atoms with Gasteiger partial charge in [-0.25, -0.2) is 0 Å². The van der Waals surface area contributed by atoms with E-state index in [1.54, 1.807) is 0 Å². The van der Waals surface area contributed by atoms with Gasteiger partial charge in [0.05, 0.1) is 13.2 Å². The van der Waals surface area contributed by atoms with Gasteiger partial charge >= 0.3 is 0 Å². The summed E-state index contributed by atoms with van der Waals surface area (Å²) in [6.45, 7) is 6.41. The van der Waals surface area contributed by atoms with Gasteiger partial charge in [0, 0.05) is 3.92 Å². The lowest BCUT2D eigenvalue weighted by Gasteiger charge is -2.32. The number of hydrogen-bond donors (Lipinski definition) is 0. The zero-order valence-electron chi connectivity index (χ0n) is 5.98. The predicted octanol–water partition coefficient (Wildman–Crippen LogP) is 2.24. The molecule has 1 aliphatic heterocycles. The summed E-state index contributed by atoms with van der Waals surface area (Å²) in [6.07, 6.45) is 1.30. The molecule has 0 aromatic heterocycles. The third-order valence-electron chi connectivity index (χ3n) is 1.57. The van der Waals surface area contributed by atoms with Crippen LogP contribution in [-0.2, 0) is 4.74 Å². The van der Waals surface area contributed by atoms with Crippen molar-refractivity contribution in [2.24, 2.45) is 5.41 Å². The lowest BCUT2D eigenvalue weighted by Crippen LogP contribution is -2.31. The van der Waals surface area contributed by atoms with E-state index in [1.165, 1.54) is 6.42 Å². The van der Waals surface area contributed by atoms with Crippen molar-refractivity contribution < 1.29 is 4.74 Å². The number of rotatable bonds is 0. The van der Waals surface area contributed by atoms with Crippen molar-refractivity contribution in [3.63, 3.8) is 0 Å². The first-order valence-corrected chi connectivity index (χ1v) is 4.56. The van der Waals surface area contributed by atoms with E-state index in [9.17, 15) is 0 Å². The van der Waals surface area contributed by atoms with Gasteiger partial charge in [-0.05, 0) is 11.8 Å². The Bertz CT molecular complexity index is 101. The molecule has 1 nitrogen and oxygen atoms in total. The first kappa shape index (κ1) is 7.79. The van der Waals surface area contributed by atoms with Gasteiger partial charge in [0.1, 0.15) is 0 Å². The second kappa shape index (κ2) is 2.74. The van der Waals surface area contributed by atoms with Gasteiger partial charge < -0.3 is 4.74 Å². The molecule has 0 bridgehead atoms. The summed E-state index contributed by atoms with van der Waals surface area (Å²) in [4.78, 5) is 0. The highest BCUT2D eigenvalue weighted by Gasteiger charge is 2.26. The van der Waals surface area contributed by atoms with Crippen LogP contribution in [0.5, 0.6) is 0 Å². The SMILES string of the molecule is CC1(C)COCC(I)C1. The summed E-state index contributed by atoms with van der Waals surface area (Å²) in [7, 11) is 0. The van der Waals surface area contributed by atoms with Gasteiger partial charge in [0.25, 0.3) is 0 Å². The molecule has 1 unspecified atom stereocenters. The smallest absolute Gasteiger partial charge is 0.0584 e. The Hall–Kier alpha value is 0.690. The molecule has 0 aromatic carbocycles. The number of hydrogen-bond acceptors (Lipinski definition) is 1. The van der Waals surface area contributed by atoms with Crippen molar-refractivity contribution >= 4 is 22.6 Å². The molecular formula is C7H13IO. The van der Waals surface area contributed by atoms with Crippen LogP contribution in [0.2, 0.25) is 0 Å². The molecule has 0 saturated carbocycles. The summed E-state index contributed by atoms with van der Waals surface area (Å²) >= 11 is 2.46. The molecule has 1 heterocycles. The molecule has 1 fully saturated rings. The van der Waals surface area contributed by atoms with Crippen LogP contribution in [0, 0.1) is 5.41 Å². The van der Waals surface area contributed by atoms with E-state index in [0.29, 0.717) is 5.41 Å². The normalized spacial score (nSPS) is 34.3. The van der Waals surface area contributed by atoms with Crippen LogP contribution in [-0.4, -0.2) is 17.1 Å². The molecule has 0 amide bonds. The zero-order chi connectivity index (χ0) is 6.91. The second-order valence-electron chi connectivity index (χ2n) is 3.48. The van der Waals surface area contributed by atoms with E-state index in [-0.39, 0.29) is 0 Å². The molecule has 1 aliphatic rings. The van der Waals surface area contributed by atoms with Crippen LogP contribution in [0.1, 0.15) is 20.3 Å². The Kier molecular flexibility index (Phi) is 2.37. The van der Waals surface area contributed by atoms with E-state index in [0.717, 1.165) is 17.1 Å². The number of halogens is 1. The summed E-state index contributed by atoms with van der Waals surface area (Å²) in [5.41, 5.74) is 0.421. The van der Waals surface area contributed by atoms with Crippen LogP contribution in [0.3, 0.4) is 0 Å². The van der Waals surface area contributed by atoms with Crippen molar-refractivity contribution in [1.29, 1.82) is 0 Å². The lowest BCUT2D eigenvalue weighted by molar-refractivity contribution is 0.0204. The molecule has 0 radical (unpaired) electrons. The third kappa shape index (κ3) is 2.42. The Morgan fingerprint density at radius 3 is 2.56 bits per heavy atom. The molecule has 1 rings (SSSR count). The molecule has 2 heteroatoms. The summed E-state index contributed by atoms with van der Waals surface area (Å²) in [5, 5.41) is 0. The molecule has 0 aromatic rings. The van der Waals surface area contributed by atoms with Gasteiger partial charge in [0.15, 0.2) is 0 Å². The predicted molar refractivity (Wildman–Crippen MR) is 47.0 cm³/mol. The topological polar surface area (TPSA) is 9.23 Å². The fourth-order valence-corrected chi connectivity index (χ4v) is 2.63. The van der Waals surface area contributed by atoms with E-state index < -0.39 is 0 Å². The highest BCUT2D eigenvalue weighted by molar-refractivity contribution is 14.1. The van der Waals surface area contributed by atoms with E-state index >= 15 is 0 Å². The minimum atomic E-state index is 0.421. The van der Waals surface area contributed by atoms with Gasteiger partial charge in [0.2, 0.25) is 0 Å². The van der Waals surface area contributed by atoms with Gasteiger partial charge in [-0.3, -0.25) is 0 Å². The largest absolute Gasteiger partial charge is 0.380 e. The van der Waals surface area contributed by atoms with E-state index in [4.69, 9.17) is 4.74 Å². The Morgan fingerprint density at radius 1 is 1.56 bits per heavy atom. The average molecular weight is 240 g/mol. The summed E-state index contributed by atoms with van der Waals surface area (Å²) < 4.78 is 6.12. The highest BCUT2D eigenvalue weighted by atomic mass is 127. The standard InChI is InChI=1S/C7H13IO/c1-7(2)3-6(8)4-9-5-7/h6H,3-5H2,1-2H3. The van der Waals surface area contributed by atoms with E-state index in [1.807, 2.05) is 0 Å². The molecular weight excluding hydrogens is 227 g/mol. The fraction of sp³-hybridized carbons (Fsp3) is 1.00. The molecule has 0 spiro atoms. The van der Waals surface area contributed by atoms with Crippen molar-refractivity contribution in [2.45, 2.75) is 24.2 Å². The fourth-order valence-electron chi connectivity index (χ4n) is 1.18. The van der Waals surface area contributed by atoms with Gasteiger partial charge in [-0.2, -0.15) is 0 Å². The molecule has 54 valence electrons. The molecule has 0 aliphatic carbocycles. The maximum atomic E-state index is 5.39. The molecule has 1 atom stereocenters. The zero-order valence-corrected chi connectivity index (χ0v) is 8.14. The van der Waals surface area contributed by atoms with Gasteiger partial charge in [-0.1, -0.05) is 36.4 Å². The number of alkyl halides is 1. The monoisotopic (exact) mass is 240 g/mol. The maximum Gasteiger partial charge on any atom is 0.0584 e. The average Bonchev–Trinajstić information content (AvgIpc) is 1.60. The van der Waals surface area contributed by atoms with Crippen LogP contribution >= 0.6 is 22.6 Å². The third-order valence-corrected chi connectivity index (χ3v) is 2.37. The van der Waals surface area contributed by atoms with Crippen molar-refractivity contribution in [2.75, 3.05) is 13.2 Å². The van der Waals surface area contributed by atoms with Crippen LogP contribution in [0.4, 0.5) is 0 Å².